The lowest BCUT2D eigenvalue weighted by Gasteiger charge is -2.33. The third kappa shape index (κ3) is 4.39. The molecule has 0 unspecified atom stereocenters. The summed E-state index contributed by atoms with van der Waals surface area (Å²) in [6.07, 6.45) is 0. The average molecular weight is 379 g/mol. The summed E-state index contributed by atoms with van der Waals surface area (Å²) >= 11 is 0. The van der Waals surface area contributed by atoms with Crippen molar-refractivity contribution in [2.75, 3.05) is 29.9 Å². The van der Waals surface area contributed by atoms with Crippen LogP contribution in [0.1, 0.15) is 22.3 Å². The van der Waals surface area contributed by atoms with Crippen LogP contribution in [0, 0.1) is 27.7 Å². The molecule has 0 saturated carbocycles. The summed E-state index contributed by atoms with van der Waals surface area (Å²) in [5.41, 5.74) is 5.56. The Bertz CT molecular complexity index is 912. The largest absolute Gasteiger partial charge is 0.325 e. The van der Waals surface area contributed by atoms with Gasteiger partial charge in [-0.25, -0.2) is 0 Å². The molecule has 0 aliphatic carbocycles. The fourth-order valence-electron chi connectivity index (χ4n) is 3.60. The van der Waals surface area contributed by atoms with Crippen molar-refractivity contribution in [3.63, 3.8) is 0 Å². The topological polar surface area (TPSA) is 69.7 Å². The maximum atomic E-state index is 12.6. The van der Waals surface area contributed by atoms with Crippen LogP contribution in [0.15, 0.2) is 36.4 Å². The van der Waals surface area contributed by atoms with Crippen molar-refractivity contribution in [2.24, 2.45) is 0 Å². The Kier molecular flexibility index (Phi) is 5.49. The van der Waals surface area contributed by atoms with Crippen LogP contribution in [0.5, 0.6) is 0 Å². The van der Waals surface area contributed by atoms with Crippen LogP contribution in [0.4, 0.5) is 11.4 Å². The van der Waals surface area contributed by atoms with Gasteiger partial charge in [0.05, 0.1) is 0 Å². The van der Waals surface area contributed by atoms with E-state index >= 15 is 0 Å². The Labute approximate surface area is 165 Å². The summed E-state index contributed by atoms with van der Waals surface area (Å²) in [5, 5.41) is 2.81. The van der Waals surface area contributed by atoms with Crippen molar-refractivity contribution < 1.29 is 14.4 Å². The first kappa shape index (κ1) is 19.6. The molecule has 28 heavy (non-hydrogen) atoms. The number of rotatable bonds is 4. The van der Waals surface area contributed by atoms with E-state index in [2.05, 4.69) is 5.32 Å². The van der Waals surface area contributed by atoms with Crippen molar-refractivity contribution >= 4 is 29.1 Å². The molecule has 6 nitrogen and oxygen atoms in total. The van der Waals surface area contributed by atoms with Gasteiger partial charge >= 0.3 is 11.8 Å². The monoisotopic (exact) mass is 379 g/mol. The van der Waals surface area contributed by atoms with Crippen LogP contribution >= 0.6 is 0 Å². The molecule has 1 aliphatic rings. The zero-order valence-electron chi connectivity index (χ0n) is 16.7. The first-order valence-corrected chi connectivity index (χ1v) is 9.30. The molecule has 0 bridgehead atoms. The number of piperazine rings is 1. The molecule has 0 radical (unpaired) electrons. The third-order valence-corrected chi connectivity index (χ3v) is 4.67. The molecule has 0 atom stereocenters. The van der Waals surface area contributed by atoms with Gasteiger partial charge in [0.2, 0.25) is 5.91 Å². The van der Waals surface area contributed by atoms with E-state index < -0.39 is 11.8 Å². The predicted octanol–water partition coefficient (Wildman–Crippen LogP) is 2.73. The summed E-state index contributed by atoms with van der Waals surface area (Å²) in [6, 6.07) is 11.6. The maximum Gasteiger partial charge on any atom is 0.316 e. The highest BCUT2D eigenvalue weighted by atomic mass is 16.2. The number of nitrogens with one attached hydrogen (secondary N) is 1. The van der Waals surface area contributed by atoms with Crippen LogP contribution in [0.25, 0.3) is 0 Å². The fraction of sp³-hybridized carbons (Fsp3) is 0.318. The standard InChI is InChI=1S/C22H25N3O3/c1-14-7-15(2)10-18(9-14)23-20(26)13-24-5-6-25(22(28)21(24)27)19-11-16(3)8-17(4)12-19/h7-12H,5-6,13H2,1-4H3,(H,23,26). The molecular weight excluding hydrogens is 354 g/mol. The van der Waals surface area contributed by atoms with Crippen LogP contribution in [-0.4, -0.2) is 42.3 Å². The fourth-order valence-corrected chi connectivity index (χ4v) is 3.60. The minimum Gasteiger partial charge on any atom is -0.325 e. The van der Waals surface area contributed by atoms with E-state index in [4.69, 9.17) is 0 Å². The second-order valence-corrected chi connectivity index (χ2v) is 7.45. The van der Waals surface area contributed by atoms with Gasteiger partial charge in [-0.3, -0.25) is 14.4 Å². The summed E-state index contributed by atoms with van der Waals surface area (Å²) < 4.78 is 0. The lowest BCUT2D eigenvalue weighted by molar-refractivity contribution is -0.147. The highest BCUT2D eigenvalue weighted by Gasteiger charge is 2.34. The molecular formula is C22H25N3O3. The predicted molar refractivity (Wildman–Crippen MR) is 109 cm³/mol. The van der Waals surface area contributed by atoms with Gasteiger partial charge in [-0.15, -0.1) is 0 Å². The molecule has 2 aromatic rings. The highest BCUT2D eigenvalue weighted by Crippen LogP contribution is 2.21. The van der Waals surface area contributed by atoms with Crippen LogP contribution in [0.2, 0.25) is 0 Å². The van der Waals surface area contributed by atoms with Crippen molar-refractivity contribution in [1.29, 1.82) is 0 Å². The molecule has 1 saturated heterocycles. The molecule has 0 aromatic heterocycles. The third-order valence-electron chi connectivity index (χ3n) is 4.67. The van der Waals surface area contributed by atoms with Gasteiger partial charge in [-0.1, -0.05) is 12.1 Å². The normalized spacial score (nSPS) is 14.4. The minimum absolute atomic E-state index is 0.141. The summed E-state index contributed by atoms with van der Waals surface area (Å²) in [4.78, 5) is 40.3. The second-order valence-electron chi connectivity index (χ2n) is 7.45. The highest BCUT2D eigenvalue weighted by molar-refractivity contribution is 6.41. The number of nitrogens with zero attached hydrogens (tertiary/aromatic N) is 2. The number of hydrogen-bond donors (Lipinski definition) is 1. The first-order valence-electron chi connectivity index (χ1n) is 9.30. The Morgan fingerprint density at radius 1 is 0.821 bits per heavy atom. The zero-order chi connectivity index (χ0) is 20.4. The smallest absolute Gasteiger partial charge is 0.316 e. The Morgan fingerprint density at radius 3 is 1.93 bits per heavy atom. The Hall–Kier alpha value is -3.15. The number of carbonyl (C=O) groups excluding carboxylic acids is 3. The molecule has 3 amide bonds. The number of aryl methyl sites for hydroxylation is 4. The van der Waals surface area contributed by atoms with Gasteiger partial charge in [-0.05, 0) is 74.2 Å². The summed E-state index contributed by atoms with van der Waals surface area (Å²) in [5.74, 6) is -1.57. The molecule has 0 spiro atoms. The molecule has 6 heteroatoms. The molecule has 1 aliphatic heterocycles. The maximum absolute atomic E-state index is 12.6. The minimum atomic E-state index is -0.652. The zero-order valence-corrected chi connectivity index (χ0v) is 16.7. The summed E-state index contributed by atoms with van der Waals surface area (Å²) in [6.45, 7) is 8.36. The molecule has 1 fully saturated rings. The lowest BCUT2D eigenvalue weighted by atomic mass is 10.1. The van der Waals surface area contributed by atoms with Gasteiger partial charge < -0.3 is 15.1 Å². The Balaban J connectivity index is 1.66. The van der Waals surface area contributed by atoms with Gasteiger partial charge in [0.25, 0.3) is 0 Å². The van der Waals surface area contributed by atoms with Gasteiger partial charge in [0.1, 0.15) is 6.54 Å². The summed E-state index contributed by atoms with van der Waals surface area (Å²) in [7, 11) is 0. The van der Waals surface area contributed by atoms with E-state index in [1.54, 1.807) is 0 Å². The molecule has 146 valence electrons. The van der Waals surface area contributed by atoms with E-state index in [0.29, 0.717) is 18.8 Å². The van der Waals surface area contributed by atoms with E-state index in [1.165, 1.54) is 9.80 Å². The second kappa shape index (κ2) is 7.84. The van der Waals surface area contributed by atoms with Crippen molar-refractivity contribution in [2.45, 2.75) is 27.7 Å². The van der Waals surface area contributed by atoms with E-state index in [1.807, 2.05) is 64.1 Å². The molecule has 1 heterocycles. The number of amides is 3. The molecule has 1 N–H and O–H groups in total. The molecule has 3 rings (SSSR count). The number of carbonyl (C=O) groups is 3. The van der Waals surface area contributed by atoms with Crippen LogP contribution in [0.3, 0.4) is 0 Å². The Morgan fingerprint density at radius 2 is 1.36 bits per heavy atom. The van der Waals surface area contributed by atoms with E-state index in [9.17, 15) is 14.4 Å². The quantitative estimate of drug-likeness (QED) is 0.831. The number of anilines is 2. The number of hydrogen-bond acceptors (Lipinski definition) is 3. The van der Waals surface area contributed by atoms with Crippen LogP contribution in [-0.2, 0) is 14.4 Å². The van der Waals surface area contributed by atoms with Crippen LogP contribution < -0.4 is 10.2 Å². The average Bonchev–Trinajstić information content (AvgIpc) is 2.57. The SMILES string of the molecule is Cc1cc(C)cc(NC(=O)CN2CCN(c3cc(C)cc(C)c3)C(=O)C2=O)c1. The van der Waals surface area contributed by atoms with E-state index in [0.717, 1.165) is 27.9 Å². The molecule has 2 aromatic carbocycles. The van der Waals surface area contributed by atoms with E-state index in [-0.39, 0.29) is 12.5 Å². The first-order chi connectivity index (χ1) is 13.2. The van der Waals surface area contributed by atoms with Gasteiger partial charge in [0, 0.05) is 24.5 Å². The van der Waals surface area contributed by atoms with Gasteiger partial charge in [0.15, 0.2) is 0 Å². The van der Waals surface area contributed by atoms with Gasteiger partial charge in [-0.2, -0.15) is 0 Å². The lowest BCUT2D eigenvalue weighted by Crippen LogP contribution is -2.56. The number of benzene rings is 2. The van der Waals surface area contributed by atoms with Crippen molar-refractivity contribution in [3.8, 4) is 0 Å². The van der Waals surface area contributed by atoms with Crippen molar-refractivity contribution in [3.05, 3.63) is 58.7 Å². The van der Waals surface area contributed by atoms with Crippen molar-refractivity contribution in [1.82, 2.24) is 4.90 Å².